The van der Waals surface area contributed by atoms with Gasteiger partial charge in [-0.2, -0.15) is 0 Å². The van der Waals surface area contributed by atoms with Crippen LogP contribution >= 0.6 is 0 Å². The van der Waals surface area contributed by atoms with Gasteiger partial charge in [0.25, 0.3) is 0 Å². The first-order chi connectivity index (χ1) is 15.0. The molecule has 1 aliphatic heterocycles. The standard InChI is InChI=1S/C24H27N3O3S/c1-2-26-13-15-27(16-14-26)23-10-6-5-9-22(23)25-24(28)18-31(29,30)21-12-11-19-7-3-4-8-20(19)17-21/h3-12,17H,2,13-16,18H2,1H3,(H,25,28). The molecule has 3 aromatic carbocycles. The van der Waals surface area contributed by atoms with E-state index in [0.717, 1.165) is 49.2 Å². The van der Waals surface area contributed by atoms with Crippen molar-refractivity contribution in [2.45, 2.75) is 11.8 Å². The van der Waals surface area contributed by atoms with Crippen LogP contribution in [0.3, 0.4) is 0 Å². The molecule has 0 aliphatic carbocycles. The Labute approximate surface area is 183 Å². The Morgan fingerprint density at radius 3 is 2.32 bits per heavy atom. The van der Waals surface area contributed by atoms with E-state index < -0.39 is 21.5 Å². The Balaban J connectivity index is 1.48. The highest BCUT2D eigenvalue weighted by Crippen LogP contribution is 2.27. The molecule has 0 bridgehead atoms. The molecule has 1 heterocycles. The smallest absolute Gasteiger partial charge is 0.240 e. The van der Waals surface area contributed by atoms with Gasteiger partial charge in [-0.15, -0.1) is 0 Å². The largest absolute Gasteiger partial charge is 0.367 e. The normalized spacial score (nSPS) is 15.2. The number of amides is 1. The highest BCUT2D eigenvalue weighted by atomic mass is 32.2. The number of carbonyl (C=O) groups excluding carboxylic acids is 1. The van der Waals surface area contributed by atoms with Crippen LogP contribution in [0.2, 0.25) is 0 Å². The third kappa shape index (κ3) is 4.89. The van der Waals surface area contributed by atoms with Gasteiger partial charge in [0.1, 0.15) is 5.75 Å². The summed E-state index contributed by atoms with van der Waals surface area (Å²) in [5, 5.41) is 4.62. The number of rotatable bonds is 6. The topological polar surface area (TPSA) is 69.7 Å². The lowest BCUT2D eigenvalue weighted by atomic mass is 10.1. The lowest BCUT2D eigenvalue weighted by Gasteiger charge is -2.36. The summed E-state index contributed by atoms with van der Waals surface area (Å²) in [5.41, 5.74) is 1.57. The van der Waals surface area contributed by atoms with Gasteiger partial charge < -0.3 is 15.1 Å². The third-order valence-corrected chi connectivity index (χ3v) is 7.35. The zero-order valence-electron chi connectivity index (χ0n) is 17.6. The average molecular weight is 438 g/mol. The number of carbonyl (C=O) groups is 1. The summed E-state index contributed by atoms with van der Waals surface area (Å²) in [6.07, 6.45) is 0. The Morgan fingerprint density at radius 2 is 1.58 bits per heavy atom. The number of nitrogens with zero attached hydrogens (tertiary/aromatic N) is 2. The average Bonchev–Trinajstić information content (AvgIpc) is 2.79. The third-order valence-electron chi connectivity index (χ3n) is 5.74. The summed E-state index contributed by atoms with van der Waals surface area (Å²) in [6, 6.07) is 20.1. The van der Waals surface area contributed by atoms with Crippen molar-refractivity contribution in [3.05, 3.63) is 66.7 Å². The zero-order valence-corrected chi connectivity index (χ0v) is 18.4. The lowest BCUT2D eigenvalue weighted by molar-refractivity contribution is -0.113. The van der Waals surface area contributed by atoms with Gasteiger partial charge in [0.2, 0.25) is 5.91 Å². The summed E-state index contributed by atoms with van der Waals surface area (Å²) in [6.45, 7) is 6.86. The Kier molecular flexibility index (Phi) is 6.25. The second-order valence-electron chi connectivity index (χ2n) is 7.75. The van der Waals surface area contributed by atoms with E-state index in [1.807, 2.05) is 48.5 Å². The van der Waals surface area contributed by atoms with E-state index in [1.54, 1.807) is 18.2 Å². The van der Waals surface area contributed by atoms with Crippen molar-refractivity contribution < 1.29 is 13.2 Å². The van der Waals surface area contributed by atoms with Crippen LogP contribution in [0.25, 0.3) is 10.8 Å². The highest BCUT2D eigenvalue weighted by molar-refractivity contribution is 7.92. The van der Waals surface area contributed by atoms with Crippen LogP contribution in [0.1, 0.15) is 6.92 Å². The van der Waals surface area contributed by atoms with Crippen molar-refractivity contribution in [1.29, 1.82) is 0 Å². The zero-order chi connectivity index (χ0) is 21.8. The molecule has 0 saturated carbocycles. The maximum absolute atomic E-state index is 12.9. The number of benzene rings is 3. The van der Waals surface area contributed by atoms with Crippen molar-refractivity contribution in [2.75, 3.05) is 48.7 Å². The summed E-state index contributed by atoms with van der Waals surface area (Å²) >= 11 is 0. The first-order valence-corrected chi connectivity index (χ1v) is 12.2. The summed E-state index contributed by atoms with van der Waals surface area (Å²) < 4.78 is 25.7. The Bertz CT molecular complexity index is 1190. The van der Waals surface area contributed by atoms with Gasteiger partial charge in [-0.1, -0.05) is 49.4 Å². The summed E-state index contributed by atoms with van der Waals surface area (Å²) in [5.74, 6) is -1.13. The van der Waals surface area contributed by atoms with E-state index in [2.05, 4.69) is 22.0 Å². The Hall–Kier alpha value is -2.90. The highest BCUT2D eigenvalue weighted by Gasteiger charge is 2.22. The van der Waals surface area contributed by atoms with Gasteiger partial charge >= 0.3 is 0 Å². The molecule has 7 heteroatoms. The molecule has 1 aliphatic rings. The van der Waals surface area contributed by atoms with Crippen LogP contribution in [-0.4, -0.2) is 57.7 Å². The first-order valence-electron chi connectivity index (χ1n) is 10.5. The number of nitrogens with one attached hydrogen (secondary N) is 1. The maximum atomic E-state index is 12.9. The van der Waals surface area contributed by atoms with Crippen molar-refractivity contribution in [3.63, 3.8) is 0 Å². The van der Waals surface area contributed by atoms with Crippen LogP contribution < -0.4 is 10.2 Å². The van der Waals surface area contributed by atoms with Gasteiger partial charge in [-0.05, 0) is 41.6 Å². The van der Waals surface area contributed by atoms with E-state index in [9.17, 15) is 13.2 Å². The predicted octanol–water partition coefficient (Wildman–Crippen LogP) is 3.39. The van der Waals surface area contributed by atoms with Gasteiger partial charge in [0.15, 0.2) is 9.84 Å². The fourth-order valence-corrected chi connectivity index (χ4v) is 5.13. The van der Waals surface area contributed by atoms with Gasteiger partial charge in [0.05, 0.1) is 16.3 Å². The first kappa shape index (κ1) is 21.3. The predicted molar refractivity (Wildman–Crippen MR) is 125 cm³/mol. The fourth-order valence-electron chi connectivity index (χ4n) is 3.96. The molecule has 6 nitrogen and oxygen atoms in total. The van der Waals surface area contributed by atoms with Crippen molar-refractivity contribution in [3.8, 4) is 0 Å². The molecule has 3 aromatic rings. The number of hydrogen-bond donors (Lipinski definition) is 1. The van der Waals surface area contributed by atoms with Crippen LogP contribution in [0.15, 0.2) is 71.6 Å². The van der Waals surface area contributed by atoms with E-state index in [4.69, 9.17) is 0 Å². The summed E-state index contributed by atoms with van der Waals surface area (Å²) in [7, 11) is -3.75. The molecular weight excluding hydrogens is 410 g/mol. The molecule has 31 heavy (non-hydrogen) atoms. The van der Waals surface area contributed by atoms with Gasteiger partial charge in [0, 0.05) is 26.2 Å². The lowest BCUT2D eigenvalue weighted by Crippen LogP contribution is -2.46. The van der Waals surface area contributed by atoms with Crippen molar-refractivity contribution >= 4 is 37.9 Å². The minimum atomic E-state index is -3.75. The number of anilines is 2. The number of likely N-dealkylation sites (N-methyl/N-ethyl adjacent to an activating group) is 1. The maximum Gasteiger partial charge on any atom is 0.240 e. The van der Waals surface area contributed by atoms with Crippen molar-refractivity contribution in [2.24, 2.45) is 0 Å². The van der Waals surface area contributed by atoms with Crippen LogP contribution in [0, 0.1) is 0 Å². The van der Waals surface area contributed by atoms with E-state index in [1.165, 1.54) is 0 Å². The molecule has 162 valence electrons. The molecule has 0 spiro atoms. The molecule has 0 unspecified atom stereocenters. The molecule has 0 radical (unpaired) electrons. The number of fused-ring (bicyclic) bond motifs is 1. The number of sulfone groups is 1. The molecule has 1 N–H and O–H groups in total. The molecule has 1 saturated heterocycles. The van der Waals surface area contributed by atoms with E-state index in [-0.39, 0.29) is 4.90 Å². The monoisotopic (exact) mass is 437 g/mol. The molecule has 1 fully saturated rings. The van der Waals surface area contributed by atoms with Gasteiger partial charge in [-0.25, -0.2) is 8.42 Å². The minimum Gasteiger partial charge on any atom is -0.367 e. The van der Waals surface area contributed by atoms with Crippen LogP contribution in [0.4, 0.5) is 11.4 Å². The second kappa shape index (κ2) is 9.08. The molecule has 4 rings (SSSR count). The van der Waals surface area contributed by atoms with Crippen LogP contribution in [0.5, 0.6) is 0 Å². The molecular formula is C24H27N3O3S. The Morgan fingerprint density at radius 1 is 0.903 bits per heavy atom. The van der Waals surface area contributed by atoms with E-state index >= 15 is 0 Å². The fraction of sp³-hybridized carbons (Fsp3) is 0.292. The van der Waals surface area contributed by atoms with E-state index in [0.29, 0.717) is 5.69 Å². The van der Waals surface area contributed by atoms with Gasteiger partial charge in [-0.3, -0.25) is 4.79 Å². The second-order valence-corrected chi connectivity index (χ2v) is 9.74. The van der Waals surface area contributed by atoms with Crippen molar-refractivity contribution in [1.82, 2.24) is 4.90 Å². The SMILES string of the molecule is CCN1CCN(c2ccccc2NC(=O)CS(=O)(=O)c2ccc3ccccc3c2)CC1. The minimum absolute atomic E-state index is 0.158. The number of para-hydroxylation sites is 2. The quantitative estimate of drug-likeness (QED) is 0.640. The molecule has 0 aromatic heterocycles. The number of piperazine rings is 1. The van der Waals surface area contributed by atoms with Crippen LogP contribution in [-0.2, 0) is 14.6 Å². The number of hydrogen-bond acceptors (Lipinski definition) is 5. The molecule has 0 atom stereocenters. The molecule has 1 amide bonds. The summed E-state index contributed by atoms with van der Waals surface area (Å²) in [4.78, 5) is 17.5.